The predicted molar refractivity (Wildman–Crippen MR) is 66.8 cm³/mol. The van der Waals surface area contributed by atoms with Gasteiger partial charge in [-0.05, 0) is 38.1 Å². The Morgan fingerprint density at radius 1 is 1.35 bits per heavy atom. The van der Waals surface area contributed by atoms with E-state index in [0.717, 1.165) is 31.9 Å². The molecule has 17 heavy (non-hydrogen) atoms. The predicted octanol–water partition coefficient (Wildman–Crippen LogP) is 1.01. The van der Waals surface area contributed by atoms with Gasteiger partial charge >= 0.3 is 0 Å². The van der Waals surface area contributed by atoms with Crippen LogP contribution >= 0.6 is 0 Å². The summed E-state index contributed by atoms with van der Waals surface area (Å²) in [5, 5.41) is 3.55. The number of rotatable bonds is 6. The highest BCUT2D eigenvalue weighted by Crippen LogP contribution is 2.38. The van der Waals surface area contributed by atoms with E-state index >= 15 is 0 Å². The Bertz CT molecular complexity index is 264. The molecule has 4 heteroatoms. The van der Waals surface area contributed by atoms with Crippen molar-refractivity contribution in [2.24, 2.45) is 5.92 Å². The Morgan fingerprint density at radius 3 is 2.76 bits per heavy atom. The van der Waals surface area contributed by atoms with Crippen molar-refractivity contribution in [3.63, 3.8) is 0 Å². The maximum Gasteiger partial charge on any atom is 0.222 e. The molecule has 2 atom stereocenters. The average Bonchev–Trinajstić information content (AvgIpc) is 3.04. The minimum atomic E-state index is 0.216. The minimum absolute atomic E-state index is 0.216. The summed E-state index contributed by atoms with van der Waals surface area (Å²) in [4.78, 5) is 13.1. The molecule has 0 aromatic carbocycles. The number of hydrogen-bond donors (Lipinski definition) is 1. The molecule has 1 aliphatic heterocycles. The summed E-state index contributed by atoms with van der Waals surface area (Å²) in [5.41, 5.74) is 0. The van der Waals surface area contributed by atoms with Crippen LogP contribution in [0.25, 0.3) is 0 Å². The first-order chi connectivity index (χ1) is 8.18. The molecule has 0 bridgehead atoms. The van der Waals surface area contributed by atoms with Gasteiger partial charge in [0.1, 0.15) is 0 Å². The van der Waals surface area contributed by atoms with Gasteiger partial charge in [0, 0.05) is 33.2 Å². The monoisotopic (exact) mass is 240 g/mol. The van der Waals surface area contributed by atoms with Gasteiger partial charge in [-0.2, -0.15) is 0 Å². The number of ether oxygens (including phenoxy) is 1. The molecule has 2 fully saturated rings. The van der Waals surface area contributed by atoms with Crippen molar-refractivity contribution in [2.75, 3.05) is 27.2 Å². The van der Waals surface area contributed by atoms with Gasteiger partial charge in [0.05, 0.1) is 6.10 Å². The smallest absolute Gasteiger partial charge is 0.222 e. The SMILES string of the molecule is CN(C)C(=O)CCCNC1CCOC1C1CC1. The highest BCUT2D eigenvalue weighted by molar-refractivity contribution is 5.75. The summed E-state index contributed by atoms with van der Waals surface area (Å²) in [7, 11) is 3.62. The zero-order valence-electron chi connectivity index (χ0n) is 10.9. The van der Waals surface area contributed by atoms with Crippen molar-refractivity contribution >= 4 is 5.91 Å². The lowest BCUT2D eigenvalue weighted by molar-refractivity contribution is -0.128. The van der Waals surface area contributed by atoms with E-state index < -0.39 is 0 Å². The fraction of sp³-hybridized carbons (Fsp3) is 0.923. The molecule has 1 heterocycles. The van der Waals surface area contributed by atoms with Crippen molar-refractivity contribution in [3.05, 3.63) is 0 Å². The van der Waals surface area contributed by atoms with Crippen LogP contribution in [0.15, 0.2) is 0 Å². The molecule has 2 rings (SSSR count). The first kappa shape index (κ1) is 12.8. The fourth-order valence-corrected chi connectivity index (χ4v) is 2.47. The maximum absolute atomic E-state index is 11.4. The van der Waals surface area contributed by atoms with E-state index in [1.165, 1.54) is 12.8 Å². The van der Waals surface area contributed by atoms with Gasteiger partial charge in [0.2, 0.25) is 5.91 Å². The lowest BCUT2D eigenvalue weighted by Gasteiger charge is -2.19. The molecule has 0 aromatic heterocycles. The van der Waals surface area contributed by atoms with Crippen LogP contribution in [-0.2, 0) is 9.53 Å². The number of amides is 1. The van der Waals surface area contributed by atoms with E-state index in [4.69, 9.17) is 4.74 Å². The van der Waals surface area contributed by atoms with E-state index in [1.54, 1.807) is 4.90 Å². The Morgan fingerprint density at radius 2 is 2.12 bits per heavy atom. The Kier molecular flexibility index (Phi) is 4.40. The van der Waals surface area contributed by atoms with Crippen LogP contribution in [0.2, 0.25) is 0 Å². The largest absolute Gasteiger partial charge is 0.376 e. The number of carbonyl (C=O) groups excluding carboxylic acids is 1. The van der Waals surface area contributed by atoms with Gasteiger partial charge in [0.25, 0.3) is 0 Å². The second kappa shape index (κ2) is 5.83. The van der Waals surface area contributed by atoms with E-state index in [0.29, 0.717) is 18.6 Å². The first-order valence-electron chi connectivity index (χ1n) is 6.73. The number of carbonyl (C=O) groups is 1. The van der Waals surface area contributed by atoms with Gasteiger partial charge in [-0.1, -0.05) is 0 Å². The zero-order valence-corrected chi connectivity index (χ0v) is 10.9. The van der Waals surface area contributed by atoms with Crippen LogP contribution in [0.1, 0.15) is 32.1 Å². The molecule has 0 radical (unpaired) electrons. The van der Waals surface area contributed by atoms with Crippen molar-refractivity contribution < 1.29 is 9.53 Å². The number of hydrogen-bond acceptors (Lipinski definition) is 3. The van der Waals surface area contributed by atoms with Crippen LogP contribution in [0.5, 0.6) is 0 Å². The number of nitrogens with zero attached hydrogens (tertiary/aromatic N) is 1. The molecule has 1 amide bonds. The molecular weight excluding hydrogens is 216 g/mol. The third-order valence-electron chi connectivity index (χ3n) is 3.70. The van der Waals surface area contributed by atoms with Gasteiger partial charge in [-0.3, -0.25) is 4.79 Å². The van der Waals surface area contributed by atoms with Gasteiger partial charge in [-0.15, -0.1) is 0 Å². The van der Waals surface area contributed by atoms with Crippen molar-refractivity contribution in [2.45, 2.75) is 44.2 Å². The van der Waals surface area contributed by atoms with E-state index in [1.807, 2.05) is 14.1 Å². The quantitative estimate of drug-likeness (QED) is 0.705. The molecule has 98 valence electrons. The average molecular weight is 240 g/mol. The van der Waals surface area contributed by atoms with Gasteiger partial charge in [0.15, 0.2) is 0 Å². The van der Waals surface area contributed by atoms with Crippen molar-refractivity contribution in [1.29, 1.82) is 0 Å². The molecule has 0 aromatic rings. The van der Waals surface area contributed by atoms with E-state index in [-0.39, 0.29) is 5.91 Å². The Balaban J connectivity index is 1.60. The molecule has 2 unspecified atom stereocenters. The van der Waals surface area contributed by atoms with Gasteiger partial charge in [-0.25, -0.2) is 0 Å². The highest BCUT2D eigenvalue weighted by atomic mass is 16.5. The topological polar surface area (TPSA) is 41.6 Å². The summed E-state index contributed by atoms with van der Waals surface area (Å²) >= 11 is 0. The van der Waals surface area contributed by atoms with Crippen LogP contribution in [-0.4, -0.2) is 50.2 Å². The molecular formula is C13H24N2O2. The normalized spacial score (nSPS) is 28.4. The zero-order chi connectivity index (χ0) is 12.3. The highest BCUT2D eigenvalue weighted by Gasteiger charge is 2.40. The Hall–Kier alpha value is -0.610. The van der Waals surface area contributed by atoms with Crippen molar-refractivity contribution in [1.82, 2.24) is 10.2 Å². The third-order valence-corrected chi connectivity index (χ3v) is 3.70. The maximum atomic E-state index is 11.4. The molecule has 1 saturated carbocycles. The summed E-state index contributed by atoms with van der Waals surface area (Å²) < 4.78 is 5.77. The third kappa shape index (κ3) is 3.68. The standard InChI is InChI=1S/C13H24N2O2/c1-15(2)12(16)4-3-8-14-11-7-9-17-13(11)10-5-6-10/h10-11,13-14H,3-9H2,1-2H3. The van der Waals surface area contributed by atoms with E-state index in [2.05, 4.69) is 5.32 Å². The van der Waals surface area contributed by atoms with E-state index in [9.17, 15) is 4.79 Å². The molecule has 1 aliphatic carbocycles. The number of nitrogens with one attached hydrogen (secondary N) is 1. The molecule has 2 aliphatic rings. The summed E-state index contributed by atoms with van der Waals surface area (Å²) in [6.07, 6.45) is 5.80. The summed E-state index contributed by atoms with van der Waals surface area (Å²) in [6.45, 7) is 1.83. The summed E-state index contributed by atoms with van der Waals surface area (Å²) in [6, 6.07) is 0.525. The second-order valence-corrected chi connectivity index (χ2v) is 5.41. The van der Waals surface area contributed by atoms with Crippen LogP contribution in [0, 0.1) is 5.92 Å². The van der Waals surface area contributed by atoms with Gasteiger partial charge < -0.3 is 15.0 Å². The lowest BCUT2D eigenvalue weighted by Crippen LogP contribution is -2.38. The second-order valence-electron chi connectivity index (χ2n) is 5.41. The fourth-order valence-electron chi connectivity index (χ4n) is 2.47. The lowest BCUT2D eigenvalue weighted by atomic mass is 10.1. The molecule has 4 nitrogen and oxygen atoms in total. The molecule has 0 spiro atoms. The summed E-state index contributed by atoms with van der Waals surface area (Å²) in [5.74, 6) is 1.02. The van der Waals surface area contributed by atoms with Crippen molar-refractivity contribution in [3.8, 4) is 0 Å². The first-order valence-corrected chi connectivity index (χ1v) is 6.73. The van der Waals surface area contributed by atoms with Crippen LogP contribution in [0.3, 0.4) is 0 Å². The Labute approximate surface area is 104 Å². The minimum Gasteiger partial charge on any atom is -0.376 e. The van der Waals surface area contributed by atoms with Crippen LogP contribution < -0.4 is 5.32 Å². The molecule has 1 saturated heterocycles. The molecule has 1 N–H and O–H groups in total. The van der Waals surface area contributed by atoms with Crippen LogP contribution in [0.4, 0.5) is 0 Å².